The molecule has 7 heteroatoms. The molecule has 1 aliphatic carbocycles. The van der Waals surface area contributed by atoms with E-state index < -0.39 is 15.9 Å². The SMILES string of the molecule is CC(C)CN(Cc1ccc(OS(=O)(=O)c2ccc(F)cc2)cc1)C(=O)C1CCC1. The van der Waals surface area contributed by atoms with Gasteiger partial charge in [-0.15, -0.1) is 0 Å². The first-order valence-electron chi connectivity index (χ1n) is 9.82. The summed E-state index contributed by atoms with van der Waals surface area (Å²) in [5.41, 5.74) is 0.907. The van der Waals surface area contributed by atoms with E-state index in [0.29, 0.717) is 19.0 Å². The summed E-state index contributed by atoms with van der Waals surface area (Å²) in [6, 6.07) is 11.1. The second-order valence-electron chi connectivity index (χ2n) is 7.88. The smallest absolute Gasteiger partial charge is 0.339 e. The lowest BCUT2D eigenvalue weighted by Gasteiger charge is -2.32. The van der Waals surface area contributed by atoms with Gasteiger partial charge in [-0.05, 0) is 60.7 Å². The van der Waals surface area contributed by atoms with Gasteiger partial charge in [-0.3, -0.25) is 4.79 Å². The van der Waals surface area contributed by atoms with Crippen LogP contribution in [-0.2, 0) is 21.5 Å². The van der Waals surface area contributed by atoms with E-state index in [9.17, 15) is 17.6 Å². The Morgan fingerprint density at radius 1 is 1.10 bits per heavy atom. The van der Waals surface area contributed by atoms with Crippen LogP contribution in [-0.4, -0.2) is 25.8 Å². The standard InChI is InChI=1S/C22H26FNO4S/c1-16(2)14-24(22(25)18-4-3-5-18)15-17-6-10-20(11-7-17)28-29(26,27)21-12-8-19(23)9-13-21/h6-13,16,18H,3-5,14-15H2,1-2H3. The summed E-state index contributed by atoms with van der Waals surface area (Å²) in [6.07, 6.45) is 3.03. The second-order valence-corrected chi connectivity index (χ2v) is 9.42. The number of hydrogen-bond donors (Lipinski definition) is 0. The zero-order chi connectivity index (χ0) is 21.0. The predicted octanol–water partition coefficient (Wildman–Crippen LogP) is 4.38. The third-order valence-electron chi connectivity index (χ3n) is 4.96. The van der Waals surface area contributed by atoms with Crippen LogP contribution in [0.15, 0.2) is 53.4 Å². The summed E-state index contributed by atoms with van der Waals surface area (Å²) < 4.78 is 42.7. The Kier molecular flexibility index (Phi) is 6.57. The quantitative estimate of drug-likeness (QED) is 0.596. The molecule has 1 saturated carbocycles. The summed E-state index contributed by atoms with van der Waals surface area (Å²) >= 11 is 0. The Morgan fingerprint density at radius 3 is 2.24 bits per heavy atom. The maximum Gasteiger partial charge on any atom is 0.339 e. The van der Waals surface area contributed by atoms with Crippen LogP contribution < -0.4 is 4.18 Å². The van der Waals surface area contributed by atoms with E-state index in [0.717, 1.165) is 49.1 Å². The molecule has 156 valence electrons. The van der Waals surface area contributed by atoms with Gasteiger partial charge in [0.15, 0.2) is 0 Å². The zero-order valence-corrected chi connectivity index (χ0v) is 17.5. The highest BCUT2D eigenvalue weighted by Gasteiger charge is 2.29. The third kappa shape index (κ3) is 5.56. The molecule has 2 aromatic rings. The second kappa shape index (κ2) is 8.95. The fraction of sp³-hybridized carbons (Fsp3) is 0.409. The van der Waals surface area contributed by atoms with E-state index in [-0.39, 0.29) is 22.5 Å². The molecule has 0 atom stereocenters. The molecular formula is C22H26FNO4S. The van der Waals surface area contributed by atoms with Crippen LogP contribution in [0.3, 0.4) is 0 Å². The maximum absolute atomic E-state index is 13.0. The largest absolute Gasteiger partial charge is 0.379 e. The lowest BCUT2D eigenvalue weighted by Crippen LogP contribution is -2.40. The average Bonchev–Trinajstić information content (AvgIpc) is 2.61. The van der Waals surface area contributed by atoms with Crippen LogP contribution in [0.4, 0.5) is 4.39 Å². The number of halogens is 1. The first-order valence-corrected chi connectivity index (χ1v) is 11.2. The number of hydrogen-bond acceptors (Lipinski definition) is 4. The molecular weight excluding hydrogens is 393 g/mol. The summed E-state index contributed by atoms with van der Waals surface area (Å²) in [6.45, 7) is 5.33. The molecule has 1 fully saturated rings. The molecule has 0 N–H and O–H groups in total. The number of amides is 1. The Balaban J connectivity index is 1.68. The van der Waals surface area contributed by atoms with Crippen molar-refractivity contribution in [2.45, 2.75) is 44.6 Å². The first kappa shape index (κ1) is 21.3. The average molecular weight is 420 g/mol. The minimum Gasteiger partial charge on any atom is -0.379 e. The number of benzene rings is 2. The molecule has 0 heterocycles. The van der Waals surface area contributed by atoms with Crippen LogP contribution in [0.2, 0.25) is 0 Å². The summed E-state index contributed by atoms with van der Waals surface area (Å²) in [5, 5.41) is 0. The predicted molar refractivity (Wildman–Crippen MR) is 108 cm³/mol. The van der Waals surface area contributed by atoms with Gasteiger partial charge in [0.2, 0.25) is 5.91 Å². The van der Waals surface area contributed by atoms with Gasteiger partial charge >= 0.3 is 10.1 Å². The van der Waals surface area contributed by atoms with Gasteiger partial charge < -0.3 is 9.08 Å². The molecule has 0 unspecified atom stereocenters. The van der Waals surface area contributed by atoms with Crippen molar-refractivity contribution in [1.29, 1.82) is 0 Å². The van der Waals surface area contributed by atoms with E-state index in [1.54, 1.807) is 24.3 Å². The highest BCUT2D eigenvalue weighted by molar-refractivity contribution is 7.87. The van der Waals surface area contributed by atoms with Crippen molar-refractivity contribution in [3.05, 3.63) is 59.9 Å². The molecule has 0 aliphatic heterocycles. The van der Waals surface area contributed by atoms with Crippen molar-refractivity contribution >= 4 is 16.0 Å². The van der Waals surface area contributed by atoms with Crippen molar-refractivity contribution in [2.75, 3.05) is 6.54 Å². The lowest BCUT2D eigenvalue weighted by molar-refractivity contribution is -0.139. The highest BCUT2D eigenvalue weighted by Crippen LogP contribution is 2.29. The molecule has 1 aliphatic rings. The normalized spacial score (nSPS) is 14.5. The van der Waals surface area contributed by atoms with Gasteiger partial charge in [0.1, 0.15) is 16.5 Å². The summed E-state index contributed by atoms with van der Waals surface area (Å²) in [7, 11) is -4.03. The van der Waals surface area contributed by atoms with Crippen LogP contribution >= 0.6 is 0 Å². The number of carbonyl (C=O) groups excluding carboxylic acids is 1. The van der Waals surface area contributed by atoms with E-state index in [1.165, 1.54) is 0 Å². The molecule has 0 bridgehead atoms. The topological polar surface area (TPSA) is 63.7 Å². The summed E-state index contributed by atoms with van der Waals surface area (Å²) in [5.74, 6) is 0.346. The fourth-order valence-electron chi connectivity index (χ4n) is 3.23. The molecule has 0 saturated heterocycles. The zero-order valence-electron chi connectivity index (χ0n) is 16.7. The maximum atomic E-state index is 13.0. The Hall–Kier alpha value is -2.41. The van der Waals surface area contributed by atoms with Gasteiger partial charge in [-0.25, -0.2) is 4.39 Å². The molecule has 29 heavy (non-hydrogen) atoms. The number of rotatable bonds is 8. The molecule has 3 rings (SSSR count). The summed E-state index contributed by atoms with van der Waals surface area (Å²) in [4.78, 5) is 14.5. The van der Waals surface area contributed by atoms with Crippen LogP contribution in [0.25, 0.3) is 0 Å². The minimum atomic E-state index is -4.03. The van der Waals surface area contributed by atoms with Crippen molar-refractivity contribution < 1.29 is 21.8 Å². The van der Waals surface area contributed by atoms with E-state index in [1.807, 2.05) is 4.90 Å². The Morgan fingerprint density at radius 2 is 1.72 bits per heavy atom. The van der Waals surface area contributed by atoms with Crippen LogP contribution in [0, 0.1) is 17.7 Å². The van der Waals surface area contributed by atoms with Gasteiger partial charge in [-0.2, -0.15) is 8.42 Å². The van der Waals surface area contributed by atoms with Crippen LogP contribution in [0.1, 0.15) is 38.7 Å². The third-order valence-corrected chi connectivity index (χ3v) is 6.22. The molecule has 5 nitrogen and oxygen atoms in total. The lowest BCUT2D eigenvalue weighted by atomic mass is 9.84. The van der Waals surface area contributed by atoms with Crippen molar-refractivity contribution in [1.82, 2.24) is 4.90 Å². The van der Waals surface area contributed by atoms with E-state index in [4.69, 9.17) is 4.18 Å². The Labute approximate surface area is 171 Å². The Bertz CT molecular complexity index is 936. The molecule has 0 radical (unpaired) electrons. The van der Waals surface area contributed by atoms with E-state index >= 15 is 0 Å². The minimum absolute atomic E-state index is 0.114. The number of carbonyl (C=O) groups is 1. The number of nitrogens with zero attached hydrogens (tertiary/aromatic N) is 1. The molecule has 1 amide bonds. The molecule has 2 aromatic carbocycles. The monoisotopic (exact) mass is 419 g/mol. The van der Waals surface area contributed by atoms with Gasteiger partial charge in [0, 0.05) is 19.0 Å². The van der Waals surface area contributed by atoms with Crippen molar-refractivity contribution in [2.24, 2.45) is 11.8 Å². The highest BCUT2D eigenvalue weighted by atomic mass is 32.2. The van der Waals surface area contributed by atoms with E-state index in [2.05, 4.69) is 13.8 Å². The molecule has 0 spiro atoms. The van der Waals surface area contributed by atoms with Crippen LogP contribution in [0.5, 0.6) is 5.75 Å². The fourth-order valence-corrected chi connectivity index (χ4v) is 4.16. The van der Waals surface area contributed by atoms with Gasteiger partial charge in [0.25, 0.3) is 0 Å². The van der Waals surface area contributed by atoms with Crippen molar-refractivity contribution in [3.8, 4) is 5.75 Å². The van der Waals surface area contributed by atoms with Crippen molar-refractivity contribution in [3.63, 3.8) is 0 Å². The van der Waals surface area contributed by atoms with Gasteiger partial charge in [-0.1, -0.05) is 32.4 Å². The first-order chi connectivity index (χ1) is 13.7. The molecule has 0 aromatic heterocycles. The van der Waals surface area contributed by atoms with Gasteiger partial charge in [0.05, 0.1) is 0 Å².